The third kappa shape index (κ3) is 3.81. The van der Waals surface area contributed by atoms with Gasteiger partial charge in [-0.3, -0.25) is 0 Å². The second-order valence-corrected chi connectivity index (χ2v) is 12.9. The van der Waals surface area contributed by atoms with Gasteiger partial charge in [-0.25, -0.2) is 0 Å². The number of nitrogens with zero attached hydrogens (tertiary/aromatic N) is 2. The van der Waals surface area contributed by atoms with Crippen LogP contribution in [0.4, 0.5) is 17.1 Å². The maximum Gasteiger partial charge on any atom is 0.143 e. The molecule has 4 heteroatoms. The minimum absolute atomic E-state index is 0.870. The number of aromatic nitrogens is 1. The van der Waals surface area contributed by atoms with Crippen molar-refractivity contribution in [2.24, 2.45) is 0 Å². The van der Waals surface area contributed by atoms with E-state index < -0.39 is 0 Å². The number of fused-ring (bicyclic) bond motifs is 11. The lowest BCUT2D eigenvalue weighted by Gasteiger charge is -2.28. The summed E-state index contributed by atoms with van der Waals surface area (Å²) in [5.74, 6) is 0. The van der Waals surface area contributed by atoms with Crippen molar-refractivity contribution in [1.29, 1.82) is 0 Å². The fourth-order valence-corrected chi connectivity index (χ4v) is 8.02. The van der Waals surface area contributed by atoms with Crippen molar-refractivity contribution >= 4 is 93.5 Å². The molecule has 0 fully saturated rings. The summed E-state index contributed by atoms with van der Waals surface area (Å²) in [7, 11) is 0. The first-order chi connectivity index (χ1) is 24.8. The van der Waals surface area contributed by atoms with Crippen LogP contribution in [0.3, 0.4) is 0 Å². The van der Waals surface area contributed by atoms with Crippen molar-refractivity contribution in [2.45, 2.75) is 0 Å². The molecular weight excluding hydrogens is 613 g/mol. The maximum atomic E-state index is 6.55. The molecule has 3 aromatic heterocycles. The van der Waals surface area contributed by atoms with Crippen molar-refractivity contribution in [3.63, 3.8) is 0 Å². The fourth-order valence-electron chi connectivity index (χ4n) is 8.02. The van der Waals surface area contributed by atoms with Crippen LogP contribution in [0.1, 0.15) is 0 Å². The van der Waals surface area contributed by atoms with Crippen molar-refractivity contribution in [1.82, 2.24) is 4.57 Å². The Bertz CT molecular complexity index is 3110. The lowest BCUT2D eigenvalue weighted by atomic mass is 10.0. The zero-order valence-electron chi connectivity index (χ0n) is 26.9. The molecule has 0 saturated carbocycles. The molecule has 0 radical (unpaired) electrons. The van der Waals surface area contributed by atoms with E-state index in [0.29, 0.717) is 0 Å². The van der Waals surface area contributed by atoms with Gasteiger partial charge in [0.2, 0.25) is 0 Å². The molecule has 0 aliphatic rings. The van der Waals surface area contributed by atoms with E-state index in [4.69, 9.17) is 8.83 Å². The maximum absolute atomic E-state index is 6.55. The number of hydrogen-bond acceptors (Lipinski definition) is 3. The Kier molecular flexibility index (Phi) is 5.63. The second-order valence-electron chi connectivity index (χ2n) is 12.9. The molecule has 0 saturated heterocycles. The van der Waals surface area contributed by atoms with E-state index in [9.17, 15) is 0 Å². The van der Waals surface area contributed by atoms with Gasteiger partial charge in [0.25, 0.3) is 0 Å². The van der Waals surface area contributed by atoms with E-state index in [-0.39, 0.29) is 0 Å². The molecule has 3 heterocycles. The Labute approximate surface area is 286 Å². The largest absolute Gasteiger partial charge is 0.456 e. The summed E-state index contributed by atoms with van der Waals surface area (Å²) in [6.45, 7) is 0. The topological polar surface area (TPSA) is 34.5 Å². The highest BCUT2D eigenvalue weighted by Crippen LogP contribution is 2.49. The monoisotopic (exact) mass is 640 g/mol. The van der Waals surface area contributed by atoms with Gasteiger partial charge in [-0.05, 0) is 66.7 Å². The number of furan rings is 2. The Morgan fingerprint density at radius 2 is 1.00 bits per heavy atom. The molecular formula is C46H28N2O2. The predicted molar refractivity (Wildman–Crippen MR) is 208 cm³/mol. The first kappa shape index (κ1) is 27.2. The number of rotatable bonds is 4. The minimum Gasteiger partial charge on any atom is -0.456 e. The summed E-state index contributed by atoms with van der Waals surface area (Å²) in [4.78, 5) is 2.44. The zero-order chi connectivity index (χ0) is 32.8. The van der Waals surface area contributed by atoms with E-state index in [1.807, 2.05) is 18.2 Å². The first-order valence-electron chi connectivity index (χ1n) is 16.9. The minimum atomic E-state index is 0.870. The summed E-state index contributed by atoms with van der Waals surface area (Å²) >= 11 is 0. The molecule has 11 rings (SSSR count). The van der Waals surface area contributed by atoms with Crippen molar-refractivity contribution in [3.8, 4) is 5.69 Å². The zero-order valence-corrected chi connectivity index (χ0v) is 26.9. The van der Waals surface area contributed by atoms with Gasteiger partial charge in [-0.1, -0.05) is 103 Å². The van der Waals surface area contributed by atoms with E-state index in [1.54, 1.807) is 0 Å². The molecule has 0 aliphatic carbocycles. The van der Waals surface area contributed by atoms with Gasteiger partial charge >= 0.3 is 0 Å². The normalized spacial score (nSPS) is 12.0. The highest BCUT2D eigenvalue weighted by Gasteiger charge is 2.25. The summed E-state index contributed by atoms with van der Waals surface area (Å²) < 4.78 is 15.2. The molecule has 4 nitrogen and oxygen atoms in total. The van der Waals surface area contributed by atoms with Crippen LogP contribution in [0.25, 0.3) is 82.1 Å². The molecule has 234 valence electrons. The number of hydrogen-bond donors (Lipinski definition) is 0. The molecule has 0 N–H and O–H groups in total. The molecule has 0 amide bonds. The Morgan fingerprint density at radius 3 is 1.82 bits per heavy atom. The molecule has 0 aliphatic heterocycles. The van der Waals surface area contributed by atoms with Gasteiger partial charge in [0.1, 0.15) is 22.3 Å². The standard InChI is InChI=1S/C46H28N2O2/c1-2-13-29(14-3-1)47-38-20-9-6-19-35(38)45-39(47)21-12-22-40(45)48(30-25-26-44-36(27-30)32-16-7-10-23-42(32)49-44)41-28-37-33-17-8-11-24-43(33)50-46(37)34-18-5-4-15-31(34)41/h1-28H. The summed E-state index contributed by atoms with van der Waals surface area (Å²) in [5.41, 5.74) is 10.2. The summed E-state index contributed by atoms with van der Waals surface area (Å²) in [6.07, 6.45) is 0. The lowest BCUT2D eigenvalue weighted by molar-refractivity contribution is 0.669. The van der Waals surface area contributed by atoms with Crippen LogP contribution in [0.15, 0.2) is 179 Å². The van der Waals surface area contributed by atoms with Gasteiger partial charge in [-0.2, -0.15) is 0 Å². The van der Waals surface area contributed by atoms with Crippen molar-refractivity contribution < 1.29 is 8.83 Å². The predicted octanol–water partition coefficient (Wildman–Crippen LogP) is 13.2. The van der Waals surface area contributed by atoms with Gasteiger partial charge < -0.3 is 18.3 Å². The molecule has 0 unspecified atom stereocenters. The van der Waals surface area contributed by atoms with Crippen LogP contribution in [0.2, 0.25) is 0 Å². The first-order valence-corrected chi connectivity index (χ1v) is 16.9. The smallest absolute Gasteiger partial charge is 0.143 e. The van der Waals surface area contributed by atoms with Gasteiger partial charge in [-0.15, -0.1) is 0 Å². The van der Waals surface area contributed by atoms with Crippen LogP contribution < -0.4 is 4.90 Å². The molecule has 11 aromatic rings. The second kappa shape index (κ2) is 10.4. The molecule has 50 heavy (non-hydrogen) atoms. The number of benzene rings is 8. The van der Waals surface area contributed by atoms with Crippen molar-refractivity contribution in [3.05, 3.63) is 170 Å². The average molecular weight is 641 g/mol. The Balaban J connectivity index is 1.30. The summed E-state index contributed by atoms with van der Waals surface area (Å²) in [6, 6.07) is 60.2. The third-order valence-electron chi connectivity index (χ3n) is 10.2. The molecule has 0 bridgehead atoms. The Morgan fingerprint density at radius 1 is 0.380 bits per heavy atom. The number of anilines is 3. The third-order valence-corrected chi connectivity index (χ3v) is 10.2. The van der Waals surface area contributed by atoms with E-state index in [1.165, 1.54) is 16.3 Å². The van der Waals surface area contributed by atoms with Crippen LogP contribution in [-0.4, -0.2) is 4.57 Å². The highest BCUT2D eigenvalue weighted by molar-refractivity contribution is 6.22. The van der Waals surface area contributed by atoms with Crippen LogP contribution in [0, 0.1) is 0 Å². The number of para-hydroxylation sites is 4. The van der Waals surface area contributed by atoms with Gasteiger partial charge in [0.05, 0.1) is 22.4 Å². The van der Waals surface area contributed by atoms with Crippen LogP contribution in [0.5, 0.6) is 0 Å². The summed E-state index contributed by atoms with van der Waals surface area (Å²) in [5, 5.41) is 8.95. The van der Waals surface area contributed by atoms with E-state index >= 15 is 0 Å². The van der Waals surface area contributed by atoms with E-state index in [0.717, 1.165) is 82.9 Å². The van der Waals surface area contributed by atoms with E-state index in [2.05, 4.69) is 161 Å². The highest BCUT2D eigenvalue weighted by atomic mass is 16.3. The average Bonchev–Trinajstić information content (AvgIpc) is 3.85. The van der Waals surface area contributed by atoms with Crippen molar-refractivity contribution in [2.75, 3.05) is 4.90 Å². The Hall–Kier alpha value is -6.78. The molecule has 8 aromatic carbocycles. The SMILES string of the molecule is c1ccc(-n2c3ccccc3c3c(N(c4ccc5oc6ccccc6c5c4)c4cc5c6ccccc6oc5c5ccccc45)cccc32)cc1. The van der Waals surface area contributed by atoms with Crippen LogP contribution >= 0.6 is 0 Å². The van der Waals surface area contributed by atoms with Crippen LogP contribution in [-0.2, 0) is 0 Å². The molecule has 0 spiro atoms. The van der Waals surface area contributed by atoms with Gasteiger partial charge in [0.15, 0.2) is 0 Å². The quantitative estimate of drug-likeness (QED) is 0.192. The fraction of sp³-hybridized carbons (Fsp3) is 0. The van der Waals surface area contributed by atoms with Gasteiger partial charge in [0, 0.05) is 54.5 Å². The molecule has 0 atom stereocenters. The lowest BCUT2D eigenvalue weighted by Crippen LogP contribution is -2.11.